The summed E-state index contributed by atoms with van der Waals surface area (Å²) >= 11 is 2.12. The largest absolute Gasteiger partial charge is 0.444 e. The van der Waals surface area contributed by atoms with Crippen LogP contribution in [-0.2, 0) is 16.1 Å². The first-order valence-corrected chi connectivity index (χ1v) is 9.46. The minimum Gasteiger partial charge on any atom is -0.444 e. The quantitative estimate of drug-likeness (QED) is 0.410. The van der Waals surface area contributed by atoms with Crippen molar-refractivity contribution in [2.24, 2.45) is 0 Å². The molecule has 1 aromatic carbocycles. The van der Waals surface area contributed by atoms with Gasteiger partial charge in [0, 0.05) is 25.2 Å². The molecule has 1 unspecified atom stereocenters. The van der Waals surface area contributed by atoms with E-state index in [9.17, 15) is 14.0 Å². The lowest BCUT2D eigenvalue weighted by atomic mass is 10.2. The van der Waals surface area contributed by atoms with Crippen molar-refractivity contribution in [1.29, 1.82) is 0 Å². The highest BCUT2D eigenvalue weighted by Gasteiger charge is 2.32. The van der Waals surface area contributed by atoms with E-state index in [0.717, 1.165) is 0 Å². The van der Waals surface area contributed by atoms with Crippen molar-refractivity contribution in [1.82, 2.24) is 15.3 Å². The Balaban J connectivity index is 1.79. The molecule has 0 aromatic heterocycles. The van der Waals surface area contributed by atoms with Crippen molar-refractivity contribution < 1.29 is 23.5 Å². The Morgan fingerprint density at radius 3 is 2.62 bits per heavy atom. The van der Waals surface area contributed by atoms with E-state index in [1.54, 1.807) is 28.1 Å². The zero-order valence-electron chi connectivity index (χ0n) is 15.0. The lowest BCUT2D eigenvalue weighted by molar-refractivity contribution is 0.00615. The van der Waals surface area contributed by atoms with Gasteiger partial charge in [0.25, 0.3) is 0 Å². The Morgan fingerprint density at radius 2 is 2.00 bits per heavy atom. The second kappa shape index (κ2) is 8.85. The first-order valence-electron chi connectivity index (χ1n) is 8.21. The number of benzene rings is 1. The van der Waals surface area contributed by atoms with Gasteiger partial charge in [-0.25, -0.2) is 19.0 Å². The van der Waals surface area contributed by atoms with E-state index in [2.05, 4.69) is 28.0 Å². The molecule has 0 radical (unpaired) electrons. The number of hydrogen-bond acceptors (Lipinski definition) is 5. The van der Waals surface area contributed by atoms with Gasteiger partial charge in [0.2, 0.25) is 0 Å². The maximum atomic E-state index is 13.5. The molecule has 144 valence electrons. The molecule has 1 fully saturated rings. The number of halogens is 2. The van der Waals surface area contributed by atoms with E-state index in [1.807, 2.05) is 20.8 Å². The standard InChI is InChI=1S/C17H23FIN3O4/c1-17(2,3)26-16(24)22-9-8-21(10-14(22)19)20-15(23)25-11-12-6-4-5-7-13(12)18/h4-7,14H,8-11H2,1-3H3,(H,20,23). The molecule has 26 heavy (non-hydrogen) atoms. The van der Waals surface area contributed by atoms with Gasteiger partial charge in [0.1, 0.15) is 22.1 Å². The average molecular weight is 479 g/mol. The first-order chi connectivity index (χ1) is 12.2. The van der Waals surface area contributed by atoms with Crippen LogP contribution in [0.1, 0.15) is 26.3 Å². The summed E-state index contributed by atoms with van der Waals surface area (Å²) in [5, 5.41) is 1.67. The summed E-state index contributed by atoms with van der Waals surface area (Å²) < 4.78 is 23.8. The normalized spacial score (nSPS) is 18.3. The third-order valence-corrected chi connectivity index (χ3v) is 4.58. The molecule has 1 aliphatic heterocycles. The molecule has 0 bridgehead atoms. The van der Waals surface area contributed by atoms with Gasteiger partial charge in [-0.05, 0) is 26.8 Å². The molecule has 7 nitrogen and oxygen atoms in total. The minimum absolute atomic E-state index is 0.149. The van der Waals surface area contributed by atoms with Gasteiger partial charge in [0.05, 0.1) is 0 Å². The highest BCUT2D eigenvalue weighted by Crippen LogP contribution is 2.19. The summed E-state index contributed by atoms with van der Waals surface area (Å²) in [5.41, 5.74) is 2.37. The second-order valence-electron chi connectivity index (χ2n) is 6.83. The average Bonchev–Trinajstić information content (AvgIpc) is 2.52. The number of amides is 2. The molecule has 1 atom stereocenters. The lowest BCUT2D eigenvalue weighted by Crippen LogP contribution is -2.58. The van der Waals surface area contributed by atoms with Crippen LogP contribution in [0.3, 0.4) is 0 Å². The van der Waals surface area contributed by atoms with Gasteiger partial charge in [-0.2, -0.15) is 0 Å². The minimum atomic E-state index is -0.664. The topological polar surface area (TPSA) is 71.1 Å². The number of carbonyl (C=O) groups is 2. The third kappa shape index (κ3) is 6.27. The smallest absolute Gasteiger partial charge is 0.422 e. The molecule has 1 aliphatic rings. The number of alkyl halides is 1. The van der Waals surface area contributed by atoms with Gasteiger partial charge >= 0.3 is 12.2 Å². The molecule has 1 N–H and O–H groups in total. The van der Waals surface area contributed by atoms with Crippen LogP contribution in [0.4, 0.5) is 14.0 Å². The summed E-state index contributed by atoms with van der Waals surface area (Å²) in [6, 6.07) is 6.12. The highest BCUT2D eigenvalue weighted by atomic mass is 127. The molecule has 9 heteroatoms. The molecular weight excluding hydrogens is 456 g/mol. The van der Waals surface area contributed by atoms with E-state index in [0.29, 0.717) is 25.2 Å². The number of piperazine rings is 1. The molecule has 0 spiro atoms. The third-order valence-electron chi connectivity index (χ3n) is 3.51. The Kier molecular flexibility index (Phi) is 7.04. The van der Waals surface area contributed by atoms with Crippen molar-refractivity contribution in [3.63, 3.8) is 0 Å². The Bertz CT molecular complexity index is 653. The zero-order valence-corrected chi connectivity index (χ0v) is 17.2. The molecule has 0 aliphatic carbocycles. The van der Waals surface area contributed by atoms with Crippen molar-refractivity contribution in [3.05, 3.63) is 35.6 Å². The van der Waals surface area contributed by atoms with E-state index >= 15 is 0 Å². The van der Waals surface area contributed by atoms with Crippen LogP contribution in [-0.4, -0.2) is 51.4 Å². The number of ether oxygens (including phenoxy) is 2. The van der Waals surface area contributed by atoms with E-state index < -0.39 is 17.5 Å². The molecule has 1 heterocycles. The van der Waals surface area contributed by atoms with Gasteiger partial charge < -0.3 is 9.47 Å². The summed E-state index contributed by atoms with van der Waals surface area (Å²) in [6.45, 7) is 6.58. The fraction of sp³-hybridized carbons (Fsp3) is 0.529. The summed E-state index contributed by atoms with van der Waals surface area (Å²) in [6.07, 6.45) is -1.04. The lowest BCUT2D eigenvalue weighted by Gasteiger charge is -2.38. The fourth-order valence-corrected chi connectivity index (χ4v) is 3.27. The molecule has 2 amide bonds. The number of hydrazine groups is 1. The number of carbonyl (C=O) groups excluding carboxylic acids is 2. The summed E-state index contributed by atoms with van der Waals surface area (Å²) in [4.78, 5) is 25.7. The van der Waals surface area contributed by atoms with Gasteiger partial charge in [0.15, 0.2) is 0 Å². The van der Waals surface area contributed by atoms with Crippen molar-refractivity contribution >= 4 is 34.8 Å². The molecule has 2 rings (SSSR count). The van der Waals surface area contributed by atoms with E-state index in [1.165, 1.54) is 6.07 Å². The predicted molar refractivity (Wildman–Crippen MR) is 102 cm³/mol. The number of hydrogen-bond donors (Lipinski definition) is 1. The van der Waals surface area contributed by atoms with Crippen LogP contribution >= 0.6 is 22.6 Å². The van der Waals surface area contributed by atoms with Crippen LogP contribution in [0, 0.1) is 5.82 Å². The Labute approximate surface area is 165 Å². The van der Waals surface area contributed by atoms with Crippen molar-refractivity contribution in [2.45, 2.75) is 37.0 Å². The SMILES string of the molecule is CC(C)(C)OC(=O)N1CCN(NC(=O)OCc2ccccc2F)CC1I. The molecule has 1 saturated heterocycles. The van der Waals surface area contributed by atoms with Gasteiger partial charge in [-0.1, -0.05) is 40.8 Å². The van der Waals surface area contributed by atoms with Gasteiger partial charge in [-0.3, -0.25) is 10.3 Å². The van der Waals surface area contributed by atoms with Gasteiger partial charge in [-0.15, -0.1) is 0 Å². The summed E-state index contributed by atoms with van der Waals surface area (Å²) in [7, 11) is 0. The van der Waals surface area contributed by atoms with Crippen LogP contribution in [0.2, 0.25) is 0 Å². The predicted octanol–water partition coefficient (Wildman–Crippen LogP) is 3.28. The number of rotatable bonds is 3. The molecule has 0 saturated carbocycles. The number of nitrogens with one attached hydrogen (secondary N) is 1. The molecule has 1 aromatic rings. The zero-order chi connectivity index (χ0) is 19.3. The number of nitrogens with zero attached hydrogens (tertiary/aromatic N) is 2. The monoisotopic (exact) mass is 479 g/mol. The van der Waals surface area contributed by atoms with Crippen LogP contribution in [0.5, 0.6) is 0 Å². The molecular formula is C17H23FIN3O4. The Morgan fingerprint density at radius 1 is 1.31 bits per heavy atom. The first kappa shape index (κ1) is 20.7. The van der Waals surface area contributed by atoms with Crippen LogP contribution in [0.15, 0.2) is 24.3 Å². The summed E-state index contributed by atoms with van der Waals surface area (Å²) in [5.74, 6) is -0.418. The van der Waals surface area contributed by atoms with Crippen LogP contribution in [0.25, 0.3) is 0 Å². The maximum Gasteiger partial charge on any atom is 0.422 e. The van der Waals surface area contributed by atoms with E-state index in [-0.39, 0.29) is 16.7 Å². The fourth-order valence-electron chi connectivity index (χ4n) is 2.29. The van der Waals surface area contributed by atoms with Crippen molar-refractivity contribution in [3.8, 4) is 0 Å². The highest BCUT2D eigenvalue weighted by molar-refractivity contribution is 14.1. The second-order valence-corrected chi connectivity index (χ2v) is 8.27. The maximum absolute atomic E-state index is 13.5. The Hall–Kier alpha value is -1.62. The van der Waals surface area contributed by atoms with E-state index in [4.69, 9.17) is 9.47 Å². The van der Waals surface area contributed by atoms with Crippen LogP contribution < -0.4 is 5.43 Å². The van der Waals surface area contributed by atoms with Crippen molar-refractivity contribution in [2.75, 3.05) is 19.6 Å².